The summed E-state index contributed by atoms with van der Waals surface area (Å²) in [6, 6.07) is 3.58. The van der Waals surface area contributed by atoms with Crippen molar-refractivity contribution < 1.29 is 0 Å². The molecule has 1 aromatic rings. The maximum absolute atomic E-state index is 3.67. The van der Waals surface area contributed by atoms with Crippen molar-refractivity contribution in [3.05, 3.63) is 25.4 Å². The summed E-state index contributed by atoms with van der Waals surface area (Å²) in [5.74, 6) is 0.688. The fraction of sp³-hybridized carbons (Fsp3) is 0. The normalized spacial score (nSPS) is 8.62. The molecule has 1 aromatic heterocycles. The predicted molar refractivity (Wildman–Crippen MR) is 31.0 cm³/mol. The van der Waals surface area contributed by atoms with Gasteiger partial charge in [-0.25, -0.2) is 0 Å². The third kappa shape index (κ3) is 0.932. The van der Waals surface area contributed by atoms with Gasteiger partial charge in [0.05, 0.1) is 0 Å². The Balaban J connectivity index is 2.83. The predicted octanol–water partition coefficient (Wildman–Crippen LogP) is 0.680. The largest absolute Gasteiger partial charge is 0.367 e. The van der Waals surface area contributed by atoms with E-state index in [4.69, 9.17) is 0 Å². The van der Waals surface area contributed by atoms with Crippen LogP contribution in [0.5, 0.6) is 0 Å². The number of aromatic nitrogens is 2. The molecule has 41 valence electrons. The maximum atomic E-state index is 3.67. The first kappa shape index (κ1) is 5.03. The quantitative estimate of drug-likeness (QED) is 0.574. The van der Waals surface area contributed by atoms with Crippen LogP contribution in [0.2, 0.25) is 0 Å². The Bertz CT molecular complexity index is 149. The van der Waals surface area contributed by atoms with Crippen molar-refractivity contribution in [2.45, 2.75) is 0 Å². The van der Waals surface area contributed by atoms with Crippen LogP contribution in [0.1, 0.15) is 0 Å². The highest BCUT2D eigenvalue weighted by molar-refractivity contribution is 5.31. The molecule has 1 N–H and O–H groups in total. The molecule has 0 aliphatic rings. The molecule has 0 aromatic carbocycles. The van der Waals surface area contributed by atoms with Gasteiger partial charge in [0.1, 0.15) is 5.82 Å². The lowest BCUT2D eigenvalue weighted by molar-refractivity contribution is 1.04. The maximum Gasteiger partial charge on any atom is 0.148 e. The highest BCUT2D eigenvalue weighted by Crippen LogP contribution is 1.93. The number of hydrogen-bond donors (Lipinski definition) is 1. The van der Waals surface area contributed by atoms with Gasteiger partial charge in [0.25, 0.3) is 0 Å². The lowest BCUT2D eigenvalue weighted by atomic mass is 10.5. The van der Waals surface area contributed by atoms with Gasteiger partial charge < -0.3 is 5.32 Å². The number of hydrogen-bond acceptors (Lipinski definition) is 3. The van der Waals surface area contributed by atoms with Gasteiger partial charge in [-0.2, -0.15) is 5.10 Å². The molecule has 0 aliphatic heterocycles. The molecule has 0 spiro atoms. The minimum Gasteiger partial charge on any atom is -0.367 e. The number of nitrogens with zero attached hydrogens (tertiary/aromatic N) is 2. The van der Waals surface area contributed by atoms with Crippen LogP contribution in [0.4, 0.5) is 5.82 Å². The fourth-order valence-corrected chi connectivity index (χ4v) is 0.396. The first-order valence-electron chi connectivity index (χ1n) is 2.24. The molecule has 1 radical (unpaired) electrons. The summed E-state index contributed by atoms with van der Waals surface area (Å²) in [5, 5.41) is 9.88. The minimum absolute atomic E-state index is 0.688. The van der Waals surface area contributed by atoms with Crippen molar-refractivity contribution in [1.82, 2.24) is 10.2 Å². The van der Waals surface area contributed by atoms with Gasteiger partial charge >= 0.3 is 0 Å². The SMILES string of the molecule is [CH2]Nc1cccnn1. The van der Waals surface area contributed by atoms with Gasteiger partial charge in [-0.05, 0) is 12.1 Å². The van der Waals surface area contributed by atoms with Crippen LogP contribution in [0.15, 0.2) is 18.3 Å². The van der Waals surface area contributed by atoms with Gasteiger partial charge in [0.2, 0.25) is 0 Å². The summed E-state index contributed by atoms with van der Waals surface area (Å²) in [7, 11) is 3.40. The highest BCUT2D eigenvalue weighted by Gasteiger charge is 1.81. The van der Waals surface area contributed by atoms with E-state index in [1.165, 1.54) is 0 Å². The monoisotopic (exact) mass is 108 g/mol. The summed E-state index contributed by atoms with van der Waals surface area (Å²) >= 11 is 0. The second kappa shape index (κ2) is 2.26. The molecule has 0 amide bonds. The van der Waals surface area contributed by atoms with Crippen LogP contribution in [0, 0.1) is 7.05 Å². The molecule has 3 nitrogen and oxygen atoms in total. The molecule has 0 saturated heterocycles. The topological polar surface area (TPSA) is 37.8 Å². The Morgan fingerprint density at radius 1 is 1.62 bits per heavy atom. The van der Waals surface area contributed by atoms with Crippen molar-refractivity contribution in [3.63, 3.8) is 0 Å². The highest BCUT2D eigenvalue weighted by atomic mass is 15.2. The Hall–Kier alpha value is -1.12. The third-order valence-electron chi connectivity index (χ3n) is 0.753. The molecule has 1 heterocycles. The first-order chi connectivity index (χ1) is 3.93. The van der Waals surface area contributed by atoms with E-state index in [2.05, 4.69) is 22.6 Å². The Kier molecular flexibility index (Phi) is 1.42. The number of rotatable bonds is 1. The zero-order valence-corrected chi connectivity index (χ0v) is 4.33. The molecule has 0 aliphatic carbocycles. The van der Waals surface area contributed by atoms with E-state index in [9.17, 15) is 0 Å². The van der Waals surface area contributed by atoms with E-state index in [0.717, 1.165) is 0 Å². The standard InChI is InChI=1S/C5H6N3/c1-6-5-3-2-4-7-8-5/h2-4H,1H2,(H,6,8). The minimum atomic E-state index is 0.688. The van der Waals surface area contributed by atoms with E-state index in [0.29, 0.717) is 5.82 Å². The van der Waals surface area contributed by atoms with Crippen molar-refractivity contribution in [1.29, 1.82) is 0 Å². The average molecular weight is 108 g/mol. The van der Waals surface area contributed by atoms with Gasteiger partial charge in [-0.15, -0.1) is 5.10 Å². The van der Waals surface area contributed by atoms with Crippen LogP contribution in [0.3, 0.4) is 0 Å². The smallest absolute Gasteiger partial charge is 0.148 e. The van der Waals surface area contributed by atoms with Crippen molar-refractivity contribution in [2.24, 2.45) is 0 Å². The molecule has 1 rings (SSSR count). The molecule has 0 unspecified atom stereocenters. The first-order valence-corrected chi connectivity index (χ1v) is 2.24. The molecular formula is C5H6N3. The average Bonchev–Trinajstić information content (AvgIpc) is 1.90. The molecular weight excluding hydrogens is 102 g/mol. The second-order valence-electron chi connectivity index (χ2n) is 1.29. The molecule has 8 heavy (non-hydrogen) atoms. The van der Waals surface area contributed by atoms with Crippen LogP contribution in [-0.4, -0.2) is 10.2 Å². The summed E-state index contributed by atoms with van der Waals surface area (Å²) in [6.07, 6.45) is 1.61. The lowest BCUT2D eigenvalue weighted by Gasteiger charge is -1.91. The third-order valence-corrected chi connectivity index (χ3v) is 0.753. The van der Waals surface area contributed by atoms with E-state index in [1.54, 1.807) is 18.3 Å². The van der Waals surface area contributed by atoms with Crippen molar-refractivity contribution >= 4 is 5.82 Å². The lowest BCUT2D eigenvalue weighted by Crippen LogP contribution is -1.88. The number of nitrogens with one attached hydrogen (secondary N) is 1. The Morgan fingerprint density at radius 3 is 2.88 bits per heavy atom. The molecule has 0 bridgehead atoms. The molecule has 0 fully saturated rings. The van der Waals surface area contributed by atoms with E-state index >= 15 is 0 Å². The zero-order chi connectivity index (χ0) is 5.82. The van der Waals surface area contributed by atoms with Gasteiger partial charge in [-0.1, -0.05) is 0 Å². The Labute approximate surface area is 47.8 Å². The summed E-state index contributed by atoms with van der Waals surface area (Å²) in [5.41, 5.74) is 0. The van der Waals surface area contributed by atoms with E-state index < -0.39 is 0 Å². The molecule has 0 saturated carbocycles. The van der Waals surface area contributed by atoms with Crippen molar-refractivity contribution in [2.75, 3.05) is 5.32 Å². The molecule has 0 atom stereocenters. The van der Waals surface area contributed by atoms with Gasteiger partial charge in [0, 0.05) is 13.2 Å². The van der Waals surface area contributed by atoms with E-state index in [-0.39, 0.29) is 0 Å². The second-order valence-corrected chi connectivity index (χ2v) is 1.29. The van der Waals surface area contributed by atoms with Crippen LogP contribution in [0.25, 0.3) is 0 Å². The van der Waals surface area contributed by atoms with E-state index in [1.807, 2.05) is 0 Å². The molecule has 3 heteroatoms. The van der Waals surface area contributed by atoms with Crippen LogP contribution in [-0.2, 0) is 0 Å². The van der Waals surface area contributed by atoms with Crippen molar-refractivity contribution in [3.8, 4) is 0 Å². The Morgan fingerprint density at radius 2 is 2.50 bits per heavy atom. The summed E-state index contributed by atoms with van der Waals surface area (Å²) in [6.45, 7) is 0. The number of anilines is 1. The fourth-order valence-electron chi connectivity index (χ4n) is 0.396. The summed E-state index contributed by atoms with van der Waals surface area (Å²) in [4.78, 5) is 0. The summed E-state index contributed by atoms with van der Waals surface area (Å²) < 4.78 is 0. The zero-order valence-electron chi connectivity index (χ0n) is 4.33. The van der Waals surface area contributed by atoms with Crippen LogP contribution < -0.4 is 5.32 Å². The van der Waals surface area contributed by atoms with Crippen LogP contribution >= 0.6 is 0 Å². The van der Waals surface area contributed by atoms with Gasteiger partial charge in [-0.3, -0.25) is 0 Å². The van der Waals surface area contributed by atoms with Gasteiger partial charge in [0.15, 0.2) is 0 Å².